The molecule has 1 unspecified atom stereocenters. The first kappa shape index (κ1) is 12.0. The van der Waals surface area contributed by atoms with Gasteiger partial charge in [0.15, 0.2) is 0 Å². The Bertz CT molecular complexity index is 752. The maximum absolute atomic E-state index is 3.52. The van der Waals surface area contributed by atoms with Crippen LogP contribution in [-0.2, 0) is 0 Å². The molecule has 0 saturated heterocycles. The van der Waals surface area contributed by atoms with E-state index in [1.165, 1.54) is 46.6 Å². The first-order valence-electron chi connectivity index (χ1n) is 7.54. The van der Waals surface area contributed by atoms with Crippen LogP contribution in [-0.4, -0.2) is 12.0 Å². The third-order valence-corrected chi connectivity index (χ3v) is 4.82. The van der Waals surface area contributed by atoms with E-state index in [1.54, 1.807) is 0 Å². The zero-order chi connectivity index (χ0) is 13.5. The molecule has 2 heteroatoms. The van der Waals surface area contributed by atoms with Crippen molar-refractivity contribution in [3.8, 4) is 0 Å². The van der Waals surface area contributed by atoms with Gasteiger partial charge in [0.25, 0.3) is 0 Å². The Morgan fingerprint density at radius 3 is 2.60 bits per heavy atom. The molecule has 4 rings (SSSR count). The molecule has 0 spiro atoms. The van der Waals surface area contributed by atoms with Gasteiger partial charge in [-0.05, 0) is 49.6 Å². The van der Waals surface area contributed by atoms with Gasteiger partial charge in [-0.3, -0.25) is 0 Å². The Balaban J connectivity index is 1.86. The summed E-state index contributed by atoms with van der Waals surface area (Å²) in [6.07, 6.45) is 4.10. The fourth-order valence-electron chi connectivity index (χ4n) is 3.51. The Kier molecular flexibility index (Phi) is 2.78. The summed E-state index contributed by atoms with van der Waals surface area (Å²) in [6, 6.07) is 15.9. The van der Waals surface area contributed by atoms with Gasteiger partial charge in [0.05, 0.1) is 0 Å². The molecule has 1 aliphatic carbocycles. The second kappa shape index (κ2) is 4.64. The minimum atomic E-state index is 0.502. The molecule has 1 aromatic heterocycles. The predicted octanol–water partition coefficient (Wildman–Crippen LogP) is 4.38. The first-order chi connectivity index (χ1) is 9.86. The van der Waals surface area contributed by atoms with Crippen LogP contribution in [0.25, 0.3) is 21.8 Å². The molecular weight excluding hydrogens is 244 g/mol. The van der Waals surface area contributed by atoms with Gasteiger partial charge in [0.2, 0.25) is 0 Å². The third-order valence-electron chi connectivity index (χ3n) is 4.82. The number of aromatic amines is 1. The molecule has 1 saturated carbocycles. The normalized spacial score (nSPS) is 17.4. The van der Waals surface area contributed by atoms with Crippen LogP contribution in [0.1, 0.15) is 30.9 Å². The molecular formula is C18H20N2. The first-order valence-corrected chi connectivity index (χ1v) is 7.54. The van der Waals surface area contributed by atoms with Crippen LogP contribution in [0.5, 0.6) is 0 Å². The number of H-pyrrole nitrogens is 1. The Hall–Kier alpha value is -1.80. The van der Waals surface area contributed by atoms with E-state index < -0.39 is 0 Å². The topological polar surface area (TPSA) is 27.8 Å². The van der Waals surface area contributed by atoms with Crippen LogP contribution in [0.15, 0.2) is 42.5 Å². The summed E-state index contributed by atoms with van der Waals surface area (Å²) < 4.78 is 0. The largest absolute Gasteiger partial charge is 0.355 e. The molecule has 1 atom stereocenters. The summed E-state index contributed by atoms with van der Waals surface area (Å²) in [6.45, 7) is 0. The van der Waals surface area contributed by atoms with Crippen molar-refractivity contribution in [2.75, 3.05) is 7.05 Å². The van der Waals surface area contributed by atoms with Gasteiger partial charge >= 0.3 is 0 Å². The molecule has 2 nitrogen and oxygen atoms in total. The van der Waals surface area contributed by atoms with Gasteiger partial charge in [-0.15, -0.1) is 0 Å². The van der Waals surface area contributed by atoms with Crippen molar-refractivity contribution in [3.63, 3.8) is 0 Å². The number of benzene rings is 2. The lowest BCUT2D eigenvalue weighted by atomic mass is 9.77. The van der Waals surface area contributed by atoms with Crippen LogP contribution < -0.4 is 5.32 Å². The van der Waals surface area contributed by atoms with Crippen molar-refractivity contribution in [2.24, 2.45) is 5.92 Å². The van der Waals surface area contributed by atoms with E-state index in [1.807, 2.05) is 0 Å². The molecule has 2 aromatic carbocycles. The zero-order valence-electron chi connectivity index (χ0n) is 11.8. The van der Waals surface area contributed by atoms with E-state index in [0.717, 1.165) is 5.92 Å². The monoisotopic (exact) mass is 264 g/mol. The summed E-state index contributed by atoms with van der Waals surface area (Å²) in [7, 11) is 2.09. The quantitative estimate of drug-likeness (QED) is 0.721. The van der Waals surface area contributed by atoms with E-state index in [-0.39, 0.29) is 0 Å². The summed E-state index contributed by atoms with van der Waals surface area (Å²) in [5, 5.41) is 6.19. The predicted molar refractivity (Wildman–Crippen MR) is 84.9 cm³/mol. The number of para-hydroxylation sites is 1. The molecule has 0 amide bonds. The Morgan fingerprint density at radius 2 is 1.85 bits per heavy atom. The number of rotatable bonds is 3. The molecule has 0 radical (unpaired) electrons. The van der Waals surface area contributed by atoms with Gasteiger partial charge in [0, 0.05) is 27.8 Å². The maximum atomic E-state index is 3.52. The molecule has 102 valence electrons. The van der Waals surface area contributed by atoms with Crippen LogP contribution in [0.2, 0.25) is 0 Å². The summed E-state index contributed by atoms with van der Waals surface area (Å²) in [5.41, 5.74) is 3.89. The standard InChI is InChI=1S/C18H20N2/c1-19-18(12-5-4-6-12)13-9-10-17-15(11-13)14-7-2-3-8-16(14)20-17/h2-3,7-12,18-20H,4-6H2,1H3. The van der Waals surface area contributed by atoms with Crippen molar-refractivity contribution < 1.29 is 0 Å². The van der Waals surface area contributed by atoms with Gasteiger partial charge in [0.1, 0.15) is 0 Å². The number of hydrogen-bond acceptors (Lipinski definition) is 1. The van der Waals surface area contributed by atoms with Crippen LogP contribution >= 0.6 is 0 Å². The zero-order valence-corrected chi connectivity index (χ0v) is 11.8. The van der Waals surface area contributed by atoms with Gasteiger partial charge < -0.3 is 10.3 Å². The fourth-order valence-corrected chi connectivity index (χ4v) is 3.51. The van der Waals surface area contributed by atoms with Crippen molar-refractivity contribution in [3.05, 3.63) is 48.0 Å². The van der Waals surface area contributed by atoms with Crippen LogP contribution in [0, 0.1) is 5.92 Å². The molecule has 1 heterocycles. The molecule has 0 aliphatic heterocycles. The average molecular weight is 264 g/mol. The minimum absolute atomic E-state index is 0.502. The van der Waals surface area contributed by atoms with Gasteiger partial charge in [-0.2, -0.15) is 0 Å². The molecule has 20 heavy (non-hydrogen) atoms. The Labute approximate surface area is 119 Å². The minimum Gasteiger partial charge on any atom is -0.355 e. The van der Waals surface area contributed by atoms with E-state index in [9.17, 15) is 0 Å². The van der Waals surface area contributed by atoms with Crippen molar-refractivity contribution in [1.29, 1.82) is 0 Å². The van der Waals surface area contributed by atoms with Gasteiger partial charge in [-0.1, -0.05) is 30.7 Å². The third kappa shape index (κ3) is 1.75. The lowest BCUT2D eigenvalue weighted by Crippen LogP contribution is -2.29. The van der Waals surface area contributed by atoms with E-state index in [4.69, 9.17) is 0 Å². The SMILES string of the molecule is CNC(c1ccc2[nH]c3ccccc3c2c1)C1CCC1. The Morgan fingerprint density at radius 1 is 1.05 bits per heavy atom. The lowest BCUT2D eigenvalue weighted by Gasteiger charge is -2.34. The number of hydrogen-bond donors (Lipinski definition) is 2. The highest BCUT2D eigenvalue weighted by Gasteiger charge is 2.27. The fraction of sp³-hybridized carbons (Fsp3) is 0.333. The lowest BCUT2D eigenvalue weighted by molar-refractivity contribution is 0.239. The molecule has 2 N–H and O–H groups in total. The number of nitrogens with one attached hydrogen (secondary N) is 2. The van der Waals surface area contributed by atoms with E-state index >= 15 is 0 Å². The molecule has 0 bridgehead atoms. The maximum Gasteiger partial charge on any atom is 0.0465 e. The summed E-state index contributed by atoms with van der Waals surface area (Å²) in [5.74, 6) is 0.808. The van der Waals surface area contributed by atoms with Crippen molar-refractivity contribution in [1.82, 2.24) is 10.3 Å². The van der Waals surface area contributed by atoms with Crippen LogP contribution in [0.3, 0.4) is 0 Å². The smallest absolute Gasteiger partial charge is 0.0465 e. The highest BCUT2D eigenvalue weighted by atomic mass is 14.9. The second-order valence-electron chi connectivity index (χ2n) is 5.93. The highest BCUT2D eigenvalue weighted by molar-refractivity contribution is 6.07. The number of fused-ring (bicyclic) bond motifs is 3. The molecule has 3 aromatic rings. The van der Waals surface area contributed by atoms with Crippen molar-refractivity contribution in [2.45, 2.75) is 25.3 Å². The molecule has 1 fully saturated rings. The van der Waals surface area contributed by atoms with Crippen molar-refractivity contribution >= 4 is 21.8 Å². The van der Waals surface area contributed by atoms with E-state index in [2.05, 4.69) is 59.8 Å². The number of aromatic nitrogens is 1. The molecule has 1 aliphatic rings. The average Bonchev–Trinajstić information content (AvgIpc) is 2.80. The summed E-state index contributed by atoms with van der Waals surface area (Å²) in [4.78, 5) is 3.50. The van der Waals surface area contributed by atoms with E-state index in [0.29, 0.717) is 6.04 Å². The summed E-state index contributed by atoms with van der Waals surface area (Å²) >= 11 is 0. The highest BCUT2D eigenvalue weighted by Crippen LogP contribution is 2.38. The second-order valence-corrected chi connectivity index (χ2v) is 5.93. The van der Waals surface area contributed by atoms with Gasteiger partial charge in [-0.25, -0.2) is 0 Å². The van der Waals surface area contributed by atoms with Crippen LogP contribution in [0.4, 0.5) is 0 Å².